The summed E-state index contributed by atoms with van der Waals surface area (Å²) in [5.74, 6) is 0.616. The van der Waals surface area contributed by atoms with Crippen molar-refractivity contribution in [1.29, 1.82) is 0 Å². The Morgan fingerprint density at radius 3 is 2.93 bits per heavy atom. The monoisotopic (exact) mass is 232 g/mol. The predicted molar refractivity (Wildman–Crippen MR) is 60.9 cm³/mol. The molecule has 1 aromatic heterocycles. The van der Waals surface area contributed by atoms with Crippen LogP contribution in [0.2, 0.25) is 5.15 Å². The van der Waals surface area contributed by atoms with Crippen molar-refractivity contribution in [3.63, 3.8) is 0 Å². The molecule has 0 saturated carbocycles. The zero-order chi connectivity index (χ0) is 10.6. The lowest BCUT2D eigenvalue weighted by molar-refractivity contribution is 0.685. The van der Waals surface area contributed by atoms with E-state index >= 15 is 0 Å². The van der Waals surface area contributed by atoms with Crippen molar-refractivity contribution in [3.05, 3.63) is 23.0 Å². The molecule has 0 bridgehead atoms. The number of hydrogen-bond donors (Lipinski definition) is 1. The normalized spacial score (nSPS) is 12.5. The summed E-state index contributed by atoms with van der Waals surface area (Å²) in [7, 11) is -1.07. The quantitative estimate of drug-likeness (QED) is 0.811. The van der Waals surface area contributed by atoms with Crippen LogP contribution in [0.25, 0.3) is 0 Å². The summed E-state index contributed by atoms with van der Waals surface area (Å²) in [6, 6.07) is 1.83. The van der Waals surface area contributed by atoms with E-state index in [9.17, 15) is 4.21 Å². The Kier molecular flexibility index (Phi) is 4.35. The molecule has 0 aliphatic heterocycles. The molecule has 14 heavy (non-hydrogen) atoms. The summed E-state index contributed by atoms with van der Waals surface area (Å²) in [6.45, 7) is 3.89. The first kappa shape index (κ1) is 11.5. The van der Waals surface area contributed by atoms with E-state index in [0.717, 1.165) is 12.0 Å². The molecule has 0 aliphatic rings. The standard InChI is InChI=1S/C9H13ClN2OS/c1-3-6-14(13)12-8-7(2)4-5-11-9(8)10/h4-5,12H,3,6H2,1-2H3. The molecule has 1 unspecified atom stereocenters. The van der Waals surface area contributed by atoms with Gasteiger partial charge in [-0.15, -0.1) is 0 Å². The van der Waals surface area contributed by atoms with Gasteiger partial charge < -0.3 is 4.72 Å². The van der Waals surface area contributed by atoms with Crippen LogP contribution in [-0.2, 0) is 11.0 Å². The number of aryl methyl sites for hydroxylation is 1. The molecule has 0 amide bonds. The molecule has 78 valence electrons. The minimum atomic E-state index is -1.07. The molecule has 0 fully saturated rings. The van der Waals surface area contributed by atoms with Crippen LogP contribution < -0.4 is 4.72 Å². The van der Waals surface area contributed by atoms with Crippen LogP contribution in [0.15, 0.2) is 12.3 Å². The number of nitrogens with zero attached hydrogens (tertiary/aromatic N) is 1. The average molecular weight is 233 g/mol. The molecule has 5 heteroatoms. The first-order chi connectivity index (χ1) is 6.65. The highest BCUT2D eigenvalue weighted by Gasteiger charge is 2.06. The van der Waals surface area contributed by atoms with E-state index in [-0.39, 0.29) is 0 Å². The highest BCUT2D eigenvalue weighted by Crippen LogP contribution is 2.23. The molecule has 3 nitrogen and oxygen atoms in total. The minimum absolute atomic E-state index is 0.370. The van der Waals surface area contributed by atoms with E-state index in [1.54, 1.807) is 6.20 Å². The number of hydrogen-bond acceptors (Lipinski definition) is 2. The van der Waals surface area contributed by atoms with E-state index in [1.807, 2.05) is 19.9 Å². The lowest BCUT2D eigenvalue weighted by Crippen LogP contribution is -2.09. The zero-order valence-electron chi connectivity index (χ0n) is 8.21. The van der Waals surface area contributed by atoms with Gasteiger partial charge in [-0.05, 0) is 25.0 Å². The summed E-state index contributed by atoms with van der Waals surface area (Å²) in [4.78, 5) is 3.92. The van der Waals surface area contributed by atoms with Crippen molar-refractivity contribution in [2.45, 2.75) is 20.3 Å². The van der Waals surface area contributed by atoms with Crippen LogP contribution in [0.1, 0.15) is 18.9 Å². The fraction of sp³-hybridized carbons (Fsp3) is 0.444. The predicted octanol–water partition coefficient (Wildman–Crippen LogP) is 2.53. The lowest BCUT2D eigenvalue weighted by atomic mass is 10.3. The second kappa shape index (κ2) is 5.32. The van der Waals surface area contributed by atoms with Gasteiger partial charge in [-0.2, -0.15) is 0 Å². The molecule has 0 spiro atoms. The maximum absolute atomic E-state index is 11.4. The summed E-state index contributed by atoms with van der Waals surface area (Å²) >= 11 is 5.87. The van der Waals surface area contributed by atoms with Gasteiger partial charge in [0.1, 0.15) is 11.0 Å². The Morgan fingerprint density at radius 2 is 2.36 bits per heavy atom. The SMILES string of the molecule is CCCS(=O)Nc1c(C)ccnc1Cl. The summed E-state index contributed by atoms with van der Waals surface area (Å²) < 4.78 is 14.3. The highest BCUT2D eigenvalue weighted by atomic mass is 35.5. The minimum Gasteiger partial charge on any atom is -0.302 e. The molecule has 1 aromatic rings. The Hall–Kier alpha value is -0.610. The third kappa shape index (κ3) is 2.96. The van der Waals surface area contributed by atoms with E-state index in [0.29, 0.717) is 16.6 Å². The van der Waals surface area contributed by atoms with Gasteiger partial charge in [0.25, 0.3) is 0 Å². The van der Waals surface area contributed by atoms with Crippen LogP contribution in [0, 0.1) is 6.92 Å². The number of nitrogens with one attached hydrogen (secondary N) is 1. The molecular formula is C9H13ClN2OS. The van der Waals surface area contributed by atoms with Gasteiger partial charge in [0, 0.05) is 11.9 Å². The van der Waals surface area contributed by atoms with Gasteiger partial charge in [-0.3, -0.25) is 0 Å². The van der Waals surface area contributed by atoms with Gasteiger partial charge in [-0.25, -0.2) is 9.19 Å². The lowest BCUT2D eigenvalue weighted by Gasteiger charge is -2.08. The van der Waals surface area contributed by atoms with Crippen LogP contribution >= 0.6 is 11.6 Å². The summed E-state index contributed by atoms with van der Waals surface area (Å²) in [6.07, 6.45) is 2.50. The summed E-state index contributed by atoms with van der Waals surface area (Å²) in [5.41, 5.74) is 1.62. The van der Waals surface area contributed by atoms with E-state index in [1.165, 1.54) is 0 Å². The first-order valence-corrected chi connectivity index (χ1v) is 6.11. The number of pyridine rings is 1. The third-order valence-electron chi connectivity index (χ3n) is 1.72. The smallest absolute Gasteiger partial charge is 0.153 e. The molecule has 1 atom stereocenters. The van der Waals surface area contributed by atoms with Gasteiger partial charge in [0.05, 0.1) is 5.69 Å². The molecule has 0 radical (unpaired) electrons. The van der Waals surface area contributed by atoms with Crippen molar-refractivity contribution < 1.29 is 4.21 Å². The van der Waals surface area contributed by atoms with Crippen molar-refractivity contribution >= 4 is 28.3 Å². The fourth-order valence-corrected chi connectivity index (χ4v) is 2.26. The molecule has 0 aliphatic carbocycles. The van der Waals surface area contributed by atoms with Crippen molar-refractivity contribution in [2.75, 3.05) is 10.5 Å². The average Bonchev–Trinajstić information content (AvgIpc) is 2.12. The number of anilines is 1. The second-order valence-electron chi connectivity index (χ2n) is 2.95. The number of rotatable bonds is 4. The van der Waals surface area contributed by atoms with Crippen molar-refractivity contribution in [2.24, 2.45) is 0 Å². The molecule has 0 saturated heterocycles. The molecule has 1 rings (SSSR count). The molecule has 1 N–H and O–H groups in total. The maximum atomic E-state index is 11.4. The van der Waals surface area contributed by atoms with Crippen molar-refractivity contribution in [3.8, 4) is 0 Å². The Morgan fingerprint density at radius 1 is 1.64 bits per heavy atom. The largest absolute Gasteiger partial charge is 0.302 e. The molecular weight excluding hydrogens is 220 g/mol. The summed E-state index contributed by atoms with van der Waals surface area (Å²) in [5, 5.41) is 0.370. The molecule has 1 heterocycles. The van der Waals surface area contributed by atoms with Gasteiger partial charge >= 0.3 is 0 Å². The highest BCUT2D eigenvalue weighted by molar-refractivity contribution is 7.86. The van der Waals surface area contributed by atoms with E-state index < -0.39 is 11.0 Å². The van der Waals surface area contributed by atoms with Gasteiger partial charge in [0.2, 0.25) is 0 Å². The van der Waals surface area contributed by atoms with E-state index in [2.05, 4.69) is 9.71 Å². The van der Waals surface area contributed by atoms with Crippen LogP contribution in [-0.4, -0.2) is 14.9 Å². The van der Waals surface area contributed by atoms with Gasteiger partial charge in [0.15, 0.2) is 5.15 Å². The van der Waals surface area contributed by atoms with E-state index in [4.69, 9.17) is 11.6 Å². The Bertz CT molecular complexity index is 323. The van der Waals surface area contributed by atoms with Gasteiger partial charge in [-0.1, -0.05) is 18.5 Å². The Balaban J connectivity index is 2.80. The molecule has 0 aromatic carbocycles. The van der Waals surface area contributed by atoms with Crippen molar-refractivity contribution in [1.82, 2.24) is 4.98 Å². The van der Waals surface area contributed by atoms with Crippen LogP contribution in [0.3, 0.4) is 0 Å². The number of halogens is 1. The first-order valence-electron chi connectivity index (χ1n) is 4.41. The number of aromatic nitrogens is 1. The zero-order valence-corrected chi connectivity index (χ0v) is 9.78. The third-order valence-corrected chi connectivity index (χ3v) is 3.22. The fourth-order valence-electron chi connectivity index (χ4n) is 0.998. The van der Waals surface area contributed by atoms with Crippen LogP contribution in [0.5, 0.6) is 0 Å². The topological polar surface area (TPSA) is 42.0 Å². The second-order valence-corrected chi connectivity index (χ2v) is 4.61. The maximum Gasteiger partial charge on any atom is 0.153 e. The van der Waals surface area contributed by atoms with Crippen LogP contribution in [0.4, 0.5) is 5.69 Å². The Labute approximate surface area is 91.5 Å².